The maximum atomic E-state index is 13.5. The van der Waals surface area contributed by atoms with Crippen LogP contribution in [0.15, 0.2) is 12.1 Å². The Hall–Kier alpha value is -1.28. The molecule has 1 rings (SSSR count). The third-order valence-electron chi connectivity index (χ3n) is 2.11. The van der Waals surface area contributed by atoms with Gasteiger partial charge in [-0.05, 0) is 12.1 Å². The smallest absolute Gasteiger partial charge is 0.150 e. The van der Waals surface area contributed by atoms with Crippen molar-refractivity contribution >= 4 is 17.4 Å². The quantitative estimate of drug-likeness (QED) is 0.846. The fourth-order valence-corrected chi connectivity index (χ4v) is 2.16. The van der Waals surface area contributed by atoms with Gasteiger partial charge in [-0.2, -0.15) is 17.0 Å². The topological polar surface area (TPSA) is 35.8 Å². The minimum absolute atomic E-state index is 0.0142. The van der Waals surface area contributed by atoms with Gasteiger partial charge < -0.3 is 5.32 Å². The summed E-state index contributed by atoms with van der Waals surface area (Å²) in [5.41, 5.74) is -0.178. The van der Waals surface area contributed by atoms with Crippen molar-refractivity contribution < 1.29 is 8.78 Å². The Balaban J connectivity index is 2.61. The van der Waals surface area contributed by atoms with Crippen molar-refractivity contribution in [3.05, 3.63) is 29.3 Å². The van der Waals surface area contributed by atoms with E-state index in [2.05, 4.69) is 26.1 Å². The fourth-order valence-electron chi connectivity index (χ4n) is 1.34. The molecule has 0 amide bonds. The Morgan fingerprint density at radius 1 is 1.28 bits per heavy atom. The maximum absolute atomic E-state index is 13.5. The molecule has 0 aliphatic carbocycles. The molecule has 1 aromatic rings. The normalized spacial score (nSPS) is 11.1. The van der Waals surface area contributed by atoms with E-state index in [1.165, 1.54) is 0 Å². The van der Waals surface area contributed by atoms with Crippen LogP contribution < -0.4 is 5.32 Å². The number of thioether (sulfide) groups is 1. The number of hydrogen-bond acceptors (Lipinski definition) is 3. The summed E-state index contributed by atoms with van der Waals surface area (Å²) < 4.78 is 27.1. The molecule has 0 aliphatic heterocycles. The number of nitrogens with zero attached hydrogens (tertiary/aromatic N) is 1. The summed E-state index contributed by atoms with van der Waals surface area (Å²) in [5, 5.41) is 11.3. The Morgan fingerprint density at radius 3 is 2.28 bits per heavy atom. The standard InChI is InChI=1S/C13H16F2N2S/c1-13(2,3)18-5-4-17-12-10(14)6-9(8-16)7-11(12)15/h6-7,17H,4-5H2,1-3H3. The molecule has 0 fully saturated rings. The van der Waals surface area contributed by atoms with Gasteiger partial charge >= 0.3 is 0 Å². The first-order chi connectivity index (χ1) is 8.33. The molecular formula is C13H16F2N2S. The number of benzene rings is 1. The number of nitriles is 1. The molecule has 18 heavy (non-hydrogen) atoms. The fraction of sp³-hybridized carbons (Fsp3) is 0.462. The van der Waals surface area contributed by atoms with Crippen LogP contribution in [0.2, 0.25) is 0 Å². The van der Waals surface area contributed by atoms with Crippen molar-refractivity contribution in [1.82, 2.24) is 0 Å². The number of halogens is 2. The van der Waals surface area contributed by atoms with E-state index in [0.29, 0.717) is 6.54 Å². The van der Waals surface area contributed by atoms with Crippen LogP contribution in [-0.4, -0.2) is 17.0 Å². The van der Waals surface area contributed by atoms with Crippen molar-refractivity contribution in [2.75, 3.05) is 17.6 Å². The second-order valence-electron chi connectivity index (χ2n) is 4.81. The van der Waals surface area contributed by atoms with E-state index in [0.717, 1.165) is 17.9 Å². The molecule has 0 heterocycles. The minimum Gasteiger partial charge on any atom is -0.379 e. The lowest BCUT2D eigenvalue weighted by Crippen LogP contribution is -2.14. The second-order valence-corrected chi connectivity index (χ2v) is 6.74. The molecule has 0 bridgehead atoms. The zero-order valence-electron chi connectivity index (χ0n) is 10.7. The highest BCUT2D eigenvalue weighted by atomic mass is 32.2. The zero-order valence-corrected chi connectivity index (χ0v) is 11.5. The van der Waals surface area contributed by atoms with Gasteiger partial charge in [0, 0.05) is 17.0 Å². The molecular weight excluding hydrogens is 254 g/mol. The highest BCUT2D eigenvalue weighted by Crippen LogP contribution is 2.24. The van der Waals surface area contributed by atoms with E-state index in [9.17, 15) is 8.78 Å². The zero-order chi connectivity index (χ0) is 13.8. The molecule has 0 spiro atoms. The summed E-state index contributed by atoms with van der Waals surface area (Å²) in [4.78, 5) is 0. The van der Waals surface area contributed by atoms with Gasteiger partial charge in [0.25, 0.3) is 0 Å². The molecule has 0 saturated heterocycles. The second kappa shape index (κ2) is 6.05. The Morgan fingerprint density at radius 2 is 1.83 bits per heavy atom. The molecule has 2 nitrogen and oxygen atoms in total. The predicted molar refractivity (Wildman–Crippen MR) is 71.8 cm³/mol. The van der Waals surface area contributed by atoms with Crippen molar-refractivity contribution in [2.24, 2.45) is 0 Å². The van der Waals surface area contributed by atoms with Crippen LogP contribution in [-0.2, 0) is 0 Å². The molecule has 0 radical (unpaired) electrons. The number of nitrogens with one attached hydrogen (secondary N) is 1. The lowest BCUT2D eigenvalue weighted by molar-refractivity contribution is 0.588. The van der Waals surface area contributed by atoms with Crippen LogP contribution in [0.3, 0.4) is 0 Å². The average molecular weight is 270 g/mol. The van der Waals surface area contributed by atoms with Crippen LogP contribution in [0.4, 0.5) is 14.5 Å². The van der Waals surface area contributed by atoms with Crippen LogP contribution in [0.5, 0.6) is 0 Å². The van der Waals surface area contributed by atoms with E-state index in [4.69, 9.17) is 5.26 Å². The molecule has 0 atom stereocenters. The summed E-state index contributed by atoms with van der Waals surface area (Å²) >= 11 is 1.71. The summed E-state index contributed by atoms with van der Waals surface area (Å²) in [6, 6.07) is 3.77. The Labute approximate surface area is 110 Å². The summed E-state index contributed by atoms with van der Waals surface area (Å²) in [6.07, 6.45) is 0. The summed E-state index contributed by atoms with van der Waals surface area (Å²) in [5.74, 6) is -0.706. The highest BCUT2D eigenvalue weighted by molar-refractivity contribution is 8.00. The van der Waals surface area contributed by atoms with Crippen LogP contribution in [0.25, 0.3) is 0 Å². The predicted octanol–water partition coefficient (Wildman–Crippen LogP) is 3.78. The van der Waals surface area contributed by atoms with Gasteiger partial charge in [0.05, 0.1) is 11.6 Å². The van der Waals surface area contributed by atoms with Gasteiger partial charge in [-0.3, -0.25) is 0 Å². The highest BCUT2D eigenvalue weighted by Gasteiger charge is 2.12. The number of hydrogen-bond donors (Lipinski definition) is 1. The summed E-state index contributed by atoms with van der Waals surface area (Å²) in [7, 11) is 0. The molecule has 5 heteroatoms. The first-order valence-electron chi connectivity index (χ1n) is 5.60. The molecule has 0 aromatic heterocycles. The van der Waals surface area contributed by atoms with Crippen molar-refractivity contribution in [3.63, 3.8) is 0 Å². The number of anilines is 1. The first kappa shape index (κ1) is 14.8. The SMILES string of the molecule is CC(C)(C)SCCNc1c(F)cc(C#N)cc1F. The monoisotopic (exact) mass is 270 g/mol. The summed E-state index contributed by atoms with van der Waals surface area (Å²) in [6.45, 7) is 6.73. The van der Waals surface area contributed by atoms with Gasteiger partial charge in [-0.15, -0.1) is 0 Å². The van der Waals surface area contributed by atoms with E-state index in [-0.39, 0.29) is 16.0 Å². The molecule has 0 saturated carbocycles. The molecule has 0 unspecified atom stereocenters. The number of rotatable bonds is 4. The van der Waals surface area contributed by atoms with Gasteiger partial charge in [0.15, 0.2) is 11.6 Å². The van der Waals surface area contributed by atoms with Gasteiger partial charge in [-0.1, -0.05) is 20.8 Å². The van der Waals surface area contributed by atoms with Crippen LogP contribution >= 0.6 is 11.8 Å². The van der Waals surface area contributed by atoms with Crippen LogP contribution in [0, 0.1) is 23.0 Å². The lowest BCUT2D eigenvalue weighted by Gasteiger charge is -2.18. The molecule has 1 aromatic carbocycles. The third kappa shape index (κ3) is 4.53. The van der Waals surface area contributed by atoms with Crippen molar-refractivity contribution in [2.45, 2.75) is 25.5 Å². The van der Waals surface area contributed by atoms with E-state index in [1.807, 2.05) is 0 Å². The maximum Gasteiger partial charge on any atom is 0.150 e. The molecule has 98 valence electrons. The van der Waals surface area contributed by atoms with Gasteiger partial charge in [-0.25, -0.2) is 8.78 Å². The van der Waals surface area contributed by atoms with Crippen LogP contribution in [0.1, 0.15) is 26.3 Å². The van der Waals surface area contributed by atoms with Crippen molar-refractivity contribution in [1.29, 1.82) is 5.26 Å². The van der Waals surface area contributed by atoms with E-state index < -0.39 is 11.6 Å². The van der Waals surface area contributed by atoms with Crippen molar-refractivity contribution in [3.8, 4) is 6.07 Å². The third-order valence-corrected chi connectivity index (χ3v) is 3.38. The van der Waals surface area contributed by atoms with E-state index in [1.54, 1.807) is 17.8 Å². The Kier molecular flexibility index (Phi) is 4.97. The molecule has 1 N–H and O–H groups in total. The van der Waals surface area contributed by atoms with Gasteiger partial charge in [0.1, 0.15) is 5.69 Å². The minimum atomic E-state index is -0.729. The average Bonchev–Trinajstić information content (AvgIpc) is 2.25. The first-order valence-corrected chi connectivity index (χ1v) is 6.59. The lowest BCUT2D eigenvalue weighted by atomic mass is 10.2. The van der Waals surface area contributed by atoms with E-state index >= 15 is 0 Å². The molecule has 0 aliphatic rings. The Bertz CT molecular complexity index is 438. The van der Waals surface area contributed by atoms with Gasteiger partial charge in [0.2, 0.25) is 0 Å². The largest absolute Gasteiger partial charge is 0.379 e.